The molecule has 0 bridgehead atoms. The van der Waals surface area contributed by atoms with Crippen LogP contribution in [-0.2, 0) is 4.79 Å². The summed E-state index contributed by atoms with van der Waals surface area (Å²) in [5.41, 5.74) is 0.371. The van der Waals surface area contributed by atoms with Gasteiger partial charge in [0.25, 0.3) is 0 Å². The van der Waals surface area contributed by atoms with Gasteiger partial charge in [-0.2, -0.15) is 0 Å². The average molecular weight is 232 g/mol. The van der Waals surface area contributed by atoms with Gasteiger partial charge < -0.3 is 14.9 Å². The van der Waals surface area contributed by atoms with Crippen LogP contribution in [0.25, 0.3) is 10.8 Å². The summed E-state index contributed by atoms with van der Waals surface area (Å²) in [4.78, 5) is 10.7. The minimum atomic E-state index is -1.48. The fourth-order valence-corrected chi connectivity index (χ4v) is 1.68. The standard InChI is InChI=1S/C13H12O4/c1-17-11-5-4-8-6-10(12(14)13(15)16)3-2-9(8)7-11/h2-7,12,14H,1H3,(H,15,16)/t12-/m0/s1. The van der Waals surface area contributed by atoms with Crippen LogP contribution in [0.1, 0.15) is 11.7 Å². The van der Waals surface area contributed by atoms with E-state index in [9.17, 15) is 9.90 Å². The molecule has 0 aliphatic rings. The number of carboxylic acids is 1. The van der Waals surface area contributed by atoms with Crippen LogP contribution in [0.3, 0.4) is 0 Å². The van der Waals surface area contributed by atoms with Gasteiger partial charge in [-0.05, 0) is 34.5 Å². The van der Waals surface area contributed by atoms with Crippen molar-refractivity contribution >= 4 is 16.7 Å². The maximum Gasteiger partial charge on any atom is 0.337 e. The van der Waals surface area contributed by atoms with Crippen molar-refractivity contribution in [3.8, 4) is 5.75 Å². The summed E-state index contributed by atoms with van der Waals surface area (Å²) in [6, 6.07) is 10.5. The largest absolute Gasteiger partial charge is 0.497 e. The number of fused-ring (bicyclic) bond motifs is 1. The van der Waals surface area contributed by atoms with Gasteiger partial charge in [0.1, 0.15) is 5.75 Å². The number of hydrogen-bond donors (Lipinski definition) is 2. The van der Waals surface area contributed by atoms with Crippen molar-refractivity contribution in [3.05, 3.63) is 42.0 Å². The number of hydrogen-bond acceptors (Lipinski definition) is 3. The van der Waals surface area contributed by atoms with Crippen LogP contribution in [0, 0.1) is 0 Å². The number of ether oxygens (including phenoxy) is 1. The van der Waals surface area contributed by atoms with E-state index in [1.807, 2.05) is 12.1 Å². The van der Waals surface area contributed by atoms with E-state index in [0.717, 1.165) is 16.5 Å². The number of aliphatic hydroxyl groups excluding tert-OH is 1. The third kappa shape index (κ3) is 2.21. The first-order valence-corrected chi connectivity index (χ1v) is 5.10. The third-order valence-corrected chi connectivity index (χ3v) is 2.62. The predicted octanol–water partition coefficient (Wildman–Crippen LogP) is 1.97. The van der Waals surface area contributed by atoms with Crippen LogP contribution in [0.15, 0.2) is 36.4 Å². The van der Waals surface area contributed by atoms with Gasteiger partial charge in [0.2, 0.25) is 0 Å². The highest BCUT2D eigenvalue weighted by atomic mass is 16.5. The van der Waals surface area contributed by atoms with E-state index in [1.165, 1.54) is 0 Å². The Morgan fingerprint density at radius 2 is 1.82 bits per heavy atom. The van der Waals surface area contributed by atoms with Crippen molar-refractivity contribution in [1.29, 1.82) is 0 Å². The number of aliphatic hydroxyl groups is 1. The number of rotatable bonds is 3. The Labute approximate surface area is 98.1 Å². The number of methoxy groups -OCH3 is 1. The van der Waals surface area contributed by atoms with Crippen molar-refractivity contribution in [1.82, 2.24) is 0 Å². The van der Waals surface area contributed by atoms with E-state index in [4.69, 9.17) is 9.84 Å². The molecule has 1 atom stereocenters. The van der Waals surface area contributed by atoms with Gasteiger partial charge in [0, 0.05) is 0 Å². The molecule has 2 N–H and O–H groups in total. The normalized spacial score (nSPS) is 12.4. The maximum atomic E-state index is 10.7. The van der Waals surface area contributed by atoms with E-state index in [1.54, 1.807) is 31.4 Å². The lowest BCUT2D eigenvalue weighted by Gasteiger charge is -2.08. The minimum Gasteiger partial charge on any atom is -0.497 e. The fourth-order valence-electron chi connectivity index (χ4n) is 1.68. The average Bonchev–Trinajstić information content (AvgIpc) is 2.36. The van der Waals surface area contributed by atoms with Crippen LogP contribution in [0.2, 0.25) is 0 Å². The first kappa shape index (κ1) is 11.4. The molecule has 88 valence electrons. The molecule has 0 radical (unpaired) electrons. The molecule has 0 fully saturated rings. The summed E-state index contributed by atoms with van der Waals surface area (Å²) in [6.45, 7) is 0. The second-order valence-electron chi connectivity index (χ2n) is 3.71. The van der Waals surface area contributed by atoms with Crippen molar-refractivity contribution < 1.29 is 19.7 Å². The lowest BCUT2D eigenvalue weighted by Crippen LogP contribution is -2.10. The summed E-state index contributed by atoms with van der Waals surface area (Å²) in [5, 5.41) is 20.0. The summed E-state index contributed by atoms with van der Waals surface area (Å²) < 4.78 is 5.09. The highest BCUT2D eigenvalue weighted by molar-refractivity contribution is 5.86. The van der Waals surface area contributed by atoms with Gasteiger partial charge >= 0.3 is 5.97 Å². The molecule has 0 spiro atoms. The lowest BCUT2D eigenvalue weighted by molar-refractivity contribution is -0.146. The highest BCUT2D eigenvalue weighted by Crippen LogP contribution is 2.24. The molecule has 4 nitrogen and oxygen atoms in total. The molecule has 0 aliphatic carbocycles. The molecule has 0 aliphatic heterocycles. The molecule has 17 heavy (non-hydrogen) atoms. The topological polar surface area (TPSA) is 66.8 Å². The second kappa shape index (κ2) is 4.43. The fraction of sp³-hybridized carbons (Fsp3) is 0.154. The molecule has 2 aromatic rings. The van der Waals surface area contributed by atoms with Crippen molar-refractivity contribution in [2.45, 2.75) is 6.10 Å². The van der Waals surface area contributed by atoms with Crippen LogP contribution in [-0.4, -0.2) is 23.3 Å². The van der Waals surface area contributed by atoms with Gasteiger partial charge in [0.05, 0.1) is 7.11 Å². The highest BCUT2D eigenvalue weighted by Gasteiger charge is 2.15. The summed E-state index contributed by atoms with van der Waals surface area (Å²) in [6.07, 6.45) is -1.48. The number of benzene rings is 2. The molecule has 0 heterocycles. The van der Waals surface area contributed by atoms with Crippen LogP contribution < -0.4 is 4.74 Å². The first-order chi connectivity index (χ1) is 8.11. The van der Waals surface area contributed by atoms with Crippen molar-refractivity contribution in [2.24, 2.45) is 0 Å². The Morgan fingerprint density at radius 1 is 1.18 bits per heavy atom. The Bertz CT molecular complexity index is 562. The summed E-state index contributed by atoms with van der Waals surface area (Å²) >= 11 is 0. The molecule has 0 amide bonds. The monoisotopic (exact) mass is 232 g/mol. The Morgan fingerprint density at radius 3 is 2.47 bits per heavy atom. The minimum absolute atomic E-state index is 0.371. The molecular weight excluding hydrogens is 220 g/mol. The molecule has 0 unspecified atom stereocenters. The zero-order valence-corrected chi connectivity index (χ0v) is 9.25. The lowest BCUT2D eigenvalue weighted by atomic mass is 10.0. The van der Waals surface area contributed by atoms with Gasteiger partial charge in [0.15, 0.2) is 6.10 Å². The van der Waals surface area contributed by atoms with Crippen molar-refractivity contribution in [3.63, 3.8) is 0 Å². The molecule has 0 saturated carbocycles. The zero-order valence-electron chi connectivity index (χ0n) is 9.25. The van der Waals surface area contributed by atoms with Crippen LogP contribution in [0.4, 0.5) is 0 Å². The second-order valence-corrected chi connectivity index (χ2v) is 3.71. The molecular formula is C13H12O4. The Kier molecular flexibility index (Phi) is 2.97. The third-order valence-electron chi connectivity index (χ3n) is 2.62. The molecule has 2 rings (SSSR count). The smallest absolute Gasteiger partial charge is 0.337 e. The SMILES string of the molecule is COc1ccc2cc([C@H](O)C(=O)O)ccc2c1. The molecule has 0 aromatic heterocycles. The maximum absolute atomic E-state index is 10.7. The number of carboxylic acid groups (broad SMARTS) is 1. The van der Waals surface area contributed by atoms with E-state index in [0.29, 0.717) is 5.56 Å². The molecule has 2 aromatic carbocycles. The molecule has 4 heteroatoms. The summed E-state index contributed by atoms with van der Waals surface area (Å²) in [7, 11) is 1.59. The van der Waals surface area contributed by atoms with Crippen LogP contribution in [0.5, 0.6) is 5.75 Å². The number of aliphatic carboxylic acids is 1. The van der Waals surface area contributed by atoms with Crippen molar-refractivity contribution in [2.75, 3.05) is 7.11 Å². The van der Waals surface area contributed by atoms with Gasteiger partial charge in [-0.25, -0.2) is 4.79 Å². The Balaban J connectivity index is 2.48. The van der Waals surface area contributed by atoms with Gasteiger partial charge in [-0.3, -0.25) is 0 Å². The van der Waals surface area contributed by atoms with Crippen LogP contribution >= 0.6 is 0 Å². The van der Waals surface area contributed by atoms with Gasteiger partial charge in [-0.1, -0.05) is 18.2 Å². The van der Waals surface area contributed by atoms with E-state index in [2.05, 4.69) is 0 Å². The van der Waals surface area contributed by atoms with E-state index in [-0.39, 0.29) is 0 Å². The van der Waals surface area contributed by atoms with E-state index >= 15 is 0 Å². The van der Waals surface area contributed by atoms with E-state index < -0.39 is 12.1 Å². The Hall–Kier alpha value is -2.07. The zero-order chi connectivity index (χ0) is 12.4. The first-order valence-electron chi connectivity index (χ1n) is 5.10. The summed E-state index contributed by atoms with van der Waals surface area (Å²) in [5.74, 6) is -0.512. The predicted molar refractivity (Wildman–Crippen MR) is 63.1 cm³/mol. The number of carbonyl (C=O) groups is 1. The quantitative estimate of drug-likeness (QED) is 0.849. The van der Waals surface area contributed by atoms with Gasteiger partial charge in [-0.15, -0.1) is 0 Å². The molecule has 0 saturated heterocycles.